The van der Waals surface area contributed by atoms with E-state index in [1.165, 1.54) is 0 Å². The van der Waals surface area contributed by atoms with E-state index in [-0.39, 0.29) is 18.5 Å². The first-order chi connectivity index (χ1) is 5.58. The van der Waals surface area contributed by atoms with Gasteiger partial charge in [0, 0.05) is 12.0 Å². The molecule has 2 aliphatic heterocycles. The fourth-order valence-electron chi connectivity index (χ4n) is 2.78. The first-order valence-corrected chi connectivity index (χ1v) is 4.71. The van der Waals surface area contributed by atoms with Crippen molar-refractivity contribution in [3.8, 4) is 0 Å². The van der Waals surface area contributed by atoms with Gasteiger partial charge in [-0.15, -0.1) is 0 Å². The van der Waals surface area contributed by atoms with E-state index in [0.717, 1.165) is 25.8 Å². The number of hydrogen-bond acceptors (Lipinski definition) is 1. The third-order valence-corrected chi connectivity index (χ3v) is 3.41. The predicted octanol–water partition coefficient (Wildman–Crippen LogP) is 2.27. The summed E-state index contributed by atoms with van der Waals surface area (Å²) >= 11 is 0. The summed E-state index contributed by atoms with van der Waals surface area (Å²) in [6.45, 7) is 2.91. The first-order valence-electron chi connectivity index (χ1n) is 4.71. The van der Waals surface area contributed by atoms with E-state index in [4.69, 9.17) is 0 Å². The zero-order valence-electron chi connectivity index (χ0n) is 7.45. The molecule has 2 heterocycles. The van der Waals surface area contributed by atoms with Crippen molar-refractivity contribution in [1.82, 2.24) is 4.90 Å². The highest BCUT2D eigenvalue weighted by molar-refractivity contribution is 5.05. The maximum absolute atomic E-state index is 13.1. The molecule has 12 heavy (non-hydrogen) atoms. The minimum absolute atomic E-state index is 0.000833. The smallest absolute Gasteiger partial charge is 0.262 e. The highest BCUT2D eigenvalue weighted by Gasteiger charge is 2.55. The molecule has 0 saturated carbocycles. The molecule has 2 rings (SSSR count). The SMILES string of the molecule is CC[C@@]12CCCN1CC(F)(F)C2. The zero-order valence-corrected chi connectivity index (χ0v) is 7.45. The number of alkyl halides is 2. The Hall–Kier alpha value is -0.180. The number of halogens is 2. The van der Waals surface area contributed by atoms with Gasteiger partial charge in [0.25, 0.3) is 5.92 Å². The molecule has 2 aliphatic rings. The molecule has 0 bridgehead atoms. The van der Waals surface area contributed by atoms with Crippen LogP contribution < -0.4 is 0 Å². The van der Waals surface area contributed by atoms with E-state index in [2.05, 4.69) is 0 Å². The van der Waals surface area contributed by atoms with Crippen LogP contribution in [0, 0.1) is 0 Å². The topological polar surface area (TPSA) is 3.24 Å². The summed E-state index contributed by atoms with van der Waals surface area (Å²) < 4.78 is 26.1. The van der Waals surface area contributed by atoms with Gasteiger partial charge in [-0.3, -0.25) is 4.90 Å². The summed E-state index contributed by atoms with van der Waals surface area (Å²) in [4.78, 5) is 1.99. The van der Waals surface area contributed by atoms with Crippen LogP contribution in [-0.2, 0) is 0 Å². The Morgan fingerprint density at radius 2 is 2.17 bits per heavy atom. The average Bonchev–Trinajstić information content (AvgIpc) is 2.40. The maximum Gasteiger partial charge on any atom is 0.262 e. The van der Waals surface area contributed by atoms with Crippen LogP contribution in [0.4, 0.5) is 8.78 Å². The minimum Gasteiger partial charge on any atom is -0.292 e. The molecule has 3 heteroatoms. The fraction of sp³-hybridized carbons (Fsp3) is 1.00. The molecule has 0 spiro atoms. The molecular weight excluding hydrogens is 160 g/mol. The largest absolute Gasteiger partial charge is 0.292 e. The Morgan fingerprint density at radius 3 is 2.75 bits per heavy atom. The first kappa shape index (κ1) is 8.42. The molecule has 0 aromatic rings. The van der Waals surface area contributed by atoms with Gasteiger partial charge in [0.05, 0.1) is 6.54 Å². The van der Waals surface area contributed by atoms with Gasteiger partial charge in [0.1, 0.15) is 0 Å². The lowest BCUT2D eigenvalue weighted by Gasteiger charge is -2.29. The maximum atomic E-state index is 13.1. The Kier molecular flexibility index (Phi) is 1.69. The molecular formula is C9H15F2N. The second kappa shape index (κ2) is 2.41. The standard InChI is InChI=1S/C9H15F2N/c1-2-8-4-3-5-12(8)7-9(10,11)6-8/h2-7H2,1H3/t8-/m0/s1. The Balaban J connectivity index is 2.20. The van der Waals surface area contributed by atoms with Gasteiger partial charge in [-0.25, -0.2) is 8.78 Å². The summed E-state index contributed by atoms with van der Waals surface area (Å²) in [6, 6.07) is 0. The molecule has 1 nitrogen and oxygen atoms in total. The Bertz CT molecular complexity index is 193. The molecule has 70 valence electrons. The van der Waals surface area contributed by atoms with Crippen LogP contribution in [0.1, 0.15) is 32.6 Å². The molecule has 0 aliphatic carbocycles. The average molecular weight is 175 g/mol. The van der Waals surface area contributed by atoms with Crippen LogP contribution in [0.25, 0.3) is 0 Å². The van der Waals surface area contributed by atoms with Crippen molar-refractivity contribution in [3.05, 3.63) is 0 Å². The molecule has 1 atom stereocenters. The normalized spacial score (nSPS) is 40.2. The van der Waals surface area contributed by atoms with E-state index in [0.29, 0.717) is 0 Å². The lowest BCUT2D eigenvalue weighted by molar-refractivity contribution is 0.00945. The molecule has 0 amide bonds. The van der Waals surface area contributed by atoms with E-state index >= 15 is 0 Å². The second-order valence-electron chi connectivity index (χ2n) is 4.14. The number of hydrogen-bond donors (Lipinski definition) is 0. The summed E-state index contributed by atoms with van der Waals surface area (Å²) in [5.74, 6) is -2.42. The van der Waals surface area contributed by atoms with Gasteiger partial charge in [-0.1, -0.05) is 6.92 Å². The van der Waals surface area contributed by atoms with Gasteiger partial charge in [0.15, 0.2) is 0 Å². The van der Waals surface area contributed by atoms with Gasteiger partial charge < -0.3 is 0 Å². The third kappa shape index (κ3) is 1.06. The van der Waals surface area contributed by atoms with Crippen molar-refractivity contribution >= 4 is 0 Å². The van der Waals surface area contributed by atoms with Crippen molar-refractivity contribution in [2.24, 2.45) is 0 Å². The Labute approximate surface area is 71.7 Å². The molecule has 0 radical (unpaired) electrons. The molecule has 0 aromatic heterocycles. The van der Waals surface area contributed by atoms with E-state index < -0.39 is 5.92 Å². The van der Waals surface area contributed by atoms with Crippen LogP contribution in [0.3, 0.4) is 0 Å². The molecule has 0 unspecified atom stereocenters. The minimum atomic E-state index is -2.42. The third-order valence-electron chi connectivity index (χ3n) is 3.41. The van der Waals surface area contributed by atoms with E-state index in [1.807, 2.05) is 11.8 Å². The molecule has 2 saturated heterocycles. The van der Waals surface area contributed by atoms with Gasteiger partial charge in [-0.2, -0.15) is 0 Å². The lowest BCUT2D eigenvalue weighted by atomic mass is 9.90. The van der Waals surface area contributed by atoms with Gasteiger partial charge in [0.2, 0.25) is 0 Å². The van der Waals surface area contributed by atoms with E-state index in [9.17, 15) is 8.78 Å². The van der Waals surface area contributed by atoms with Crippen molar-refractivity contribution in [2.75, 3.05) is 13.1 Å². The summed E-state index contributed by atoms with van der Waals surface area (Å²) in [6.07, 6.45) is 3.04. The molecule has 2 fully saturated rings. The number of nitrogens with zero attached hydrogens (tertiary/aromatic N) is 1. The van der Waals surface area contributed by atoms with Crippen molar-refractivity contribution in [3.63, 3.8) is 0 Å². The number of rotatable bonds is 1. The summed E-state index contributed by atoms with van der Waals surface area (Å²) in [5.41, 5.74) is -0.135. The quantitative estimate of drug-likeness (QED) is 0.591. The van der Waals surface area contributed by atoms with E-state index in [1.54, 1.807) is 0 Å². The number of fused-ring (bicyclic) bond motifs is 1. The molecule has 0 aromatic carbocycles. The van der Waals surface area contributed by atoms with Crippen LogP contribution in [-0.4, -0.2) is 29.5 Å². The molecule has 0 N–H and O–H groups in total. The lowest BCUT2D eigenvalue weighted by Crippen LogP contribution is -2.37. The Morgan fingerprint density at radius 1 is 1.42 bits per heavy atom. The van der Waals surface area contributed by atoms with Crippen LogP contribution in [0.2, 0.25) is 0 Å². The van der Waals surface area contributed by atoms with Gasteiger partial charge in [-0.05, 0) is 25.8 Å². The fourth-order valence-corrected chi connectivity index (χ4v) is 2.78. The van der Waals surface area contributed by atoms with Crippen LogP contribution >= 0.6 is 0 Å². The summed E-state index contributed by atoms with van der Waals surface area (Å²) in [7, 11) is 0. The van der Waals surface area contributed by atoms with Crippen molar-refractivity contribution in [2.45, 2.75) is 44.1 Å². The van der Waals surface area contributed by atoms with Gasteiger partial charge >= 0.3 is 0 Å². The highest BCUT2D eigenvalue weighted by Crippen LogP contribution is 2.47. The monoisotopic (exact) mass is 175 g/mol. The second-order valence-corrected chi connectivity index (χ2v) is 4.14. The van der Waals surface area contributed by atoms with Crippen LogP contribution in [0.5, 0.6) is 0 Å². The highest BCUT2D eigenvalue weighted by atomic mass is 19.3. The summed E-state index contributed by atoms with van der Waals surface area (Å²) in [5, 5.41) is 0. The predicted molar refractivity (Wildman–Crippen MR) is 43.4 cm³/mol. The van der Waals surface area contributed by atoms with Crippen molar-refractivity contribution in [1.29, 1.82) is 0 Å². The zero-order chi connectivity index (χ0) is 8.82. The van der Waals surface area contributed by atoms with Crippen molar-refractivity contribution < 1.29 is 8.78 Å². The van der Waals surface area contributed by atoms with Crippen LogP contribution in [0.15, 0.2) is 0 Å².